The molecule has 0 radical (unpaired) electrons. The molecule has 0 unspecified atom stereocenters. The Morgan fingerprint density at radius 1 is 1.14 bits per heavy atom. The summed E-state index contributed by atoms with van der Waals surface area (Å²) in [5.41, 5.74) is 0.922. The zero-order valence-electron chi connectivity index (χ0n) is 11.8. The van der Waals surface area contributed by atoms with E-state index in [4.69, 9.17) is 17.0 Å². The quantitative estimate of drug-likeness (QED) is 0.563. The van der Waals surface area contributed by atoms with E-state index in [0.29, 0.717) is 11.7 Å². The van der Waals surface area contributed by atoms with E-state index in [2.05, 4.69) is 20.9 Å². The summed E-state index contributed by atoms with van der Waals surface area (Å²) < 4.78 is 5.11. The Labute approximate surface area is 129 Å². The van der Waals surface area contributed by atoms with Gasteiger partial charge < -0.3 is 20.7 Å². The standard InChI is InChI=1S/C15H18N4OS/c1-20-13-7-5-12(6-8-13)19-15(21)18-11-10-17-14-4-2-3-9-16-14/h2-9H,10-11H2,1H3,(H,16,17)(H2,18,19,21). The van der Waals surface area contributed by atoms with Gasteiger partial charge in [-0.1, -0.05) is 6.07 Å². The van der Waals surface area contributed by atoms with Crippen LogP contribution < -0.4 is 20.7 Å². The molecule has 1 aromatic heterocycles. The first-order valence-corrected chi connectivity index (χ1v) is 7.02. The number of thiocarbonyl (C=S) groups is 1. The number of nitrogens with one attached hydrogen (secondary N) is 3. The van der Waals surface area contributed by atoms with Gasteiger partial charge >= 0.3 is 0 Å². The van der Waals surface area contributed by atoms with Gasteiger partial charge in [-0.25, -0.2) is 4.98 Å². The first-order valence-electron chi connectivity index (χ1n) is 6.62. The van der Waals surface area contributed by atoms with Crippen LogP contribution in [0, 0.1) is 0 Å². The second-order valence-electron chi connectivity index (χ2n) is 4.25. The van der Waals surface area contributed by atoms with Crippen molar-refractivity contribution in [1.82, 2.24) is 10.3 Å². The molecule has 2 aromatic rings. The molecule has 0 aliphatic carbocycles. The zero-order valence-corrected chi connectivity index (χ0v) is 12.6. The molecule has 0 aliphatic heterocycles. The van der Waals surface area contributed by atoms with E-state index in [9.17, 15) is 0 Å². The van der Waals surface area contributed by atoms with Crippen molar-refractivity contribution in [2.75, 3.05) is 30.8 Å². The predicted molar refractivity (Wildman–Crippen MR) is 89.9 cm³/mol. The van der Waals surface area contributed by atoms with E-state index in [1.165, 1.54) is 0 Å². The fourth-order valence-electron chi connectivity index (χ4n) is 1.68. The first kappa shape index (κ1) is 15.1. The Balaban J connectivity index is 1.67. The van der Waals surface area contributed by atoms with Gasteiger partial charge in [-0.2, -0.15) is 0 Å². The van der Waals surface area contributed by atoms with E-state index in [1.54, 1.807) is 13.3 Å². The Morgan fingerprint density at radius 3 is 2.62 bits per heavy atom. The van der Waals surface area contributed by atoms with Crippen molar-refractivity contribution < 1.29 is 4.74 Å². The van der Waals surface area contributed by atoms with Crippen LogP contribution >= 0.6 is 12.2 Å². The van der Waals surface area contributed by atoms with E-state index in [1.807, 2.05) is 42.5 Å². The van der Waals surface area contributed by atoms with Gasteiger partial charge in [0.15, 0.2) is 5.11 Å². The van der Waals surface area contributed by atoms with Gasteiger partial charge in [-0.3, -0.25) is 0 Å². The molecule has 21 heavy (non-hydrogen) atoms. The van der Waals surface area contributed by atoms with Crippen LogP contribution in [-0.4, -0.2) is 30.3 Å². The van der Waals surface area contributed by atoms with Crippen molar-refractivity contribution in [3.05, 3.63) is 48.7 Å². The second-order valence-corrected chi connectivity index (χ2v) is 4.66. The lowest BCUT2D eigenvalue weighted by Crippen LogP contribution is -2.32. The van der Waals surface area contributed by atoms with Gasteiger partial charge in [0.05, 0.1) is 7.11 Å². The molecule has 2 rings (SSSR count). The third-order valence-corrected chi connectivity index (χ3v) is 2.98. The van der Waals surface area contributed by atoms with Gasteiger partial charge in [0.25, 0.3) is 0 Å². The number of pyridine rings is 1. The summed E-state index contributed by atoms with van der Waals surface area (Å²) in [6.07, 6.45) is 1.76. The molecule has 0 fully saturated rings. The van der Waals surface area contributed by atoms with Crippen molar-refractivity contribution in [2.24, 2.45) is 0 Å². The highest BCUT2D eigenvalue weighted by Crippen LogP contribution is 2.14. The number of anilines is 2. The van der Waals surface area contributed by atoms with Crippen LogP contribution in [-0.2, 0) is 0 Å². The van der Waals surface area contributed by atoms with Gasteiger partial charge in [0.2, 0.25) is 0 Å². The van der Waals surface area contributed by atoms with Gasteiger partial charge in [-0.15, -0.1) is 0 Å². The molecule has 110 valence electrons. The minimum absolute atomic E-state index is 0.586. The predicted octanol–water partition coefficient (Wildman–Crippen LogP) is 2.49. The van der Waals surface area contributed by atoms with Gasteiger partial charge in [0.1, 0.15) is 11.6 Å². The lowest BCUT2D eigenvalue weighted by atomic mass is 10.3. The SMILES string of the molecule is COc1ccc(NC(=S)NCCNc2ccccn2)cc1. The first-order chi connectivity index (χ1) is 10.3. The van der Waals surface area contributed by atoms with E-state index >= 15 is 0 Å². The molecule has 0 amide bonds. The third-order valence-electron chi connectivity index (χ3n) is 2.73. The monoisotopic (exact) mass is 302 g/mol. The van der Waals surface area contributed by atoms with Crippen LogP contribution in [0.25, 0.3) is 0 Å². The third kappa shape index (κ3) is 5.27. The highest BCUT2D eigenvalue weighted by molar-refractivity contribution is 7.80. The molecular formula is C15H18N4OS. The Kier molecular flexibility index (Phi) is 5.78. The molecule has 1 aromatic carbocycles. The molecule has 6 heteroatoms. The molecule has 1 heterocycles. The maximum absolute atomic E-state index is 5.23. The Morgan fingerprint density at radius 2 is 1.95 bits per heavy atom. The second kappa shape index (κ2) is 8.06. The fraction of sp³-hybridized carbons (Fsp3) is 0.200. The number of aromatic nitrogens is 1. The van der Waals surface area contributed by atoms with Crippen LogP contribution in [0.4, 0.5) is 11.5 Å². The van der Waals surface area contributed by atoms with Crippen LogP contribution in [0.15, 0.2) is 48.7 Å². The fourth-order valence-corrected chi connectivity index (χ4v) is 1.90. The maximum Gasteiger partial charge on any atom is 0.170 e. The van der Waals surface area contributed by atoms with Crippen LogP contribution in [0.5, 0.6) is 5.75 Å². The minimum atomic E-state index is 0.586. The van der Waals surface area contributed by atoms with Gasteiger partial charge in [0, 0.05) is 25.0 Å². The summed E-state index contributed by atoms with van der Waals surface area (Å²) in [7, 11) is 1.64. The van der Waals surface area contributed by atoms with Gasteiger partial charge in [-0.05, 0) is 48.6 Å². The summed E-state index contributed by atoms with van der Waals surface area (Å²) in [5.74, 6) is 1.67. The van der Waals surface area contributed by atoms with Crippen molar-refractivity contribution in [2.45, 2.75) is 0 Å². The smallest absolute Gasteiger partial charge is 0.170 e. The van der Waals surface area contributed by atoms with Crippen molar-refractivity contribution in [3.63, 3.8) is 0 Å². The molecule has 0 aliphatic rings. The van der Waals surface area contributed by atoms with Crippen molar-refractivity contribution in [1.29, 1.82) is 0 Å². The highest BCUT2D eigenvalue weighted by atomic mass is 32.1. The topological polar surface area (TPSA) is 58.2 Å². The summed E-state index contributed by atoms with van der Waals surface area (Å²) in [6.45, 7) is 1.44. The normalized spacial score (nSPS) is 9.76. The van der Waals surface area contributed by atoms with Crippen LogP contribution in [0.1, 0.15) is 0 Å². The van der Waals surface area contributed by atoms with E-state index < -0.39 is 0 Å². The number of hydrogen-bond acceptors (Lipinski definition) is 4. The minimum Gasteiger partial charge on any atom is -0.497 e. The lowest BCUT2D eigenvalue weighted by molar-refractivity contribution is 0.415. The highest BCUT2D eigenvalue weighted by Gasteiger charge is 1.98. The van der Waals surface area contributed by atoms with Crippen LogP contribution in [0.3, 0.4) is 0 Å². The number of methoxy groups -OCH3 is 1. The average Bonchev–Trinajstić information content (AvgIpc) is 2.53. The van der Waals surface area contributed by atoms with Crippen molar-refractivity contribution >= 4 is 28.8 Å². The van der Waals surface area contributed by atoms with E-state index in [0.717, 1.165) is 23.8 Å². The largest absolute Gasteiger partial charge is 0.497 e. The van der Waals surface area contributed by atoms with Crippen molar-refractivity contribution in [3.8, 4) is 5.75 Å². The summed E-state index contributed by atoms with van der Waals surface area (Å²) >= 11 is 5.23. The summed E-state index contributed by atoms with van der Waals surface area (Å²) in [5, 5.41) is 10.0. The number of nitrogens with zero attached hydrogens (tertiary/aromatic N) is 1. The van der Waals surface area contributed by atoms with Crippen LogP contribution in [0.2, 0.25) is 0 Å². The average molecular weight is 302 g/mol. The Bertz CT molecular complexity index is 560. The maximum atomic E-state index is 5.23. The summed E-state index contributed by atoms with van der Waals surface area (Å²) in [6, 6.07) is 13.4. The zero-order chi connectivity index (χ0) is 14.9. The molecule has 3 N–H and O–H groups in total. The Hall–Kier alpha value is -2.34. The number of benzene rings is 1. The molecule has 0 saturated heterocycles. The number of ether oxygens (including phenoxy) is 1. The van der Waals surface area contributed by atoms with E-state index in [-0.39, 0.29) is 0 Å². The molecule has 0 spiro atoms. The lowest BCUT2D eigenvalue weighted by Gasteiger charge is -2.11. The molecule has 0 saturated carbocycles. The summed E-state index contributed by atoms with van der Waals surface area (Å²) in [4.78, 5) is 4.18. The molecular weight excluding hydrogens is 284 g/mol. The molecule has 0 bridgehead atoms. The molecule has 0 atom stereocenters. The number of hydrogen-bond donors (Lipinski definition) is 3. The molecule has 5 nitrogen and oxygen atoms in total. The number of rotatable bonds is 6.